The van der Waals surface area contributed by atoms with Gasteiger partial charge in [0, 0.05) is 22.2 Å². The normalized spacial score (nSPS) is 14.1. The van der Waals surface area contributed by atoms with E-state index in [-0.39, 0.29) is 5.25 Å². The lowest BCUT2D eigenvalue weighted by Gasteiger charge is -2.08. The number of carbonyl (C=O) groups excluding carboxylic acids is 1. The van der Waals surface area contributed by atoms with Gasteiger partial charge in [-0.25, -0.2) is 4.79 Å². The van der Waals surface area contributed by atoms with Crippen molar-refractivity contribution in [2.75, 3.05) is 7.11 Å². The topological polar surface area (TPSA) is 56.3 Å². The van der Waals surface area contributed by atoms with Crippen molar-refractivity contribution < 1.29 is 13.7 Å². The molecule has 0 aliphatic heterocycles. The summed E-state index contributed by atoms with van der Waals surface area (Å²) in [7, 11) is 0.414. The summed E-state index contributed by atoms with van der Waals surface area (Å²) in [5, 5.41) is 0.164. The van der Waals surface area contributed by atoms with Gasteiger partial charge < -0.3 is 4.74 Å². The Morgan fingerprint density at radius 2 is 2.24 bits per heavy atom. The average molecular weight is 255 g/mol. The molecule has 0 saturated heterocycles. The highest BCUT2D eigenvalue weighted by molar-refractivity contribution is 7.84. The molecule has 5 heteroatoms. The molecule has 1 aromatic rings. The van der Waals surface area contributed by atoms with Crippen molar-refractivity contribution in [3.8, 4) is 0 Å². The molecule has 1 rings (SSSR count). The largest absolute Gasteiger partial charge is 0.465 e. The zero-order chi connectivity index (χ0) is 12.8. The monoisotopic (exact) mass is 255 g/mol. The van der Waals surface area contributed by atoms with Gasteiger partial charge in [-0.1, -0.05) is 13.8 Å². The Hall–Kier alpha value is -1.23. The molecule has 4 nitrogen and oxygen atoms in total. The fourth-order valence-corrected chi connectivity index (χ4v) is 2.34. The summed E-state index contributed by atoms with van der Waals surface area (Å²) in [6.45, 7) is 3.97. The third-order valence-corrected chi connectivity index (χ3v) is 4.37. The minimum atomic E-state index is -0.914. The van der Waals surface area contributed by atoms with E-state index in [1.807, 2.05) is 13.8 Å². The van der Waals surface area contributed by atoms with Gasteiger partial charge in [0.1, 0.15) is 0 Å². The number of esters is 1. The number of methoxy groups -OCH3 is 1. The van der Waals surface area contributed by atoms with Crippen LogP contribution in [0.15, 0.2) is 18.3 Å². The highest BCUT2D eigenvalue weighted by atomic mass is 32.2. The van der Waals surface area contributed by atoms with Crippen LogP contribution >= 0.6 is 0 Å². The molecule has 0 saturated carbocycles. The molecule has 2 atom stereocenters. The maximum atomic E-state index is 11.8. The molecule has 2 unspecified atom stereocenters. The summed E-state index contributed by atoms with van der Waals surface area (Å²) < 4.78 is 16.4. The predicted molar refractivity (Wildman–Crippen MR) is 67.2 cm³/mol. The molecule has 17 heavy (non-hydrogen) atoms. The first-order valence-corrected chi connectivity index (χ1v) is 6.87. The van der Waals surface area contributed by atoms with Crippen molar-refractivity contribution in [2.24, 2.45) is 0 Å². The molecule has 1 aromatic heterocycles. The summed E-state index contributed by atoms with van der Waals surface area (Å²) in [4.78, 5) is 15.3. The maximum Gasteiger partial charge on any atom is 0.339 e. The summed E-state index contributed by atoms with van der Waals surface area (Å²) in [5.74, 6) is 0.0169. The molecule has 0 radical (unpaired) electrons. The predicted octanol–water partition coefficient (Wildman–Crippen LogP) is 1.92. The van der Waals surface area contributed by atoms with E-state index >= 15 is 0 Å². The van der Waals surface area contributed by atoms with Crippen molar-refractivity contribution in [1.82, 2.24) is 4.98 Å². The van der Waals surface area contributed by atoms with E-state index in [1.54, 1.807) is 12.1 Å². The Balaban J connectivity index is 2.69. The van der Waals surface area contributed by atoms with Crippen molar-refractivity contribution in [3.05, 3.63) is 29.6 Å². The smallest absolute Gasteiger partial charge is 0.339 e. The third-order valence-electron chi connectivity index (χ3n) is 2.56. The van der Waals surface area contributed by atoms with Crippen LogP contribution in [0, 0.1) is 0 Å². The maximum absolute atomic E-state index is 11.8. The molecule has 0 N–H and O–H groups in total. The highest BCUT2D eigenvalue weighted by Crippen LogP contribution is 2.09. The summed E-state index contributed by atoms with van der Waals surface area (Å²) >= 11 is 0. The fraction of sp³-hybridized carbons (Fsp3) is 0.500. The molecule has 0 amide bonds. The van der Waals surface area contributed by atoms with E-state index in [2.05, 4.69) is 9.72 Å². The fourth-order valence-electron chi connectivity index (χ4n) is 1.22. The number of aromatic nitrogens is 1. The molecule has 0 aliphatic carbocycles. The Labute approximate surface area is 104 Å². The van der Waals surface area contributed by atoms with Crippen LogP contribution in [0.2, 0.25) is 0 Å². The Bertz CT molecular complexity index is 403. The zero-order valence-electron chi connectivity index (χ0n) is 10.3. The van der Waals surface area contributed by atoms with E-state index in [1.165, 1.54) is 13.3 Å². The van der Waals surface area contributed by atoms with Crippen LogP contribution in [-0.2, 0) is 21.3 Å². The lowest BCUT2D eigenvalue weighted by molar-refractivity contribution is 0.0600. The average Bonchev–Trinajstić information content (AvgIpc) is 2.37. The van der Waals surface area contributed by atoms with E-state index < -0.39 is 16.8 Å². The standard InChI is InChI=1S/C12H17NO3S/c1-4-9(2)17(15)8-11-6-5-10(7-13-11)12(14)16-3/h5-7,9H,4,8H2,1-3H3. The lowest BCUT2D eigenvalue weighted by atomic mass is 10.2. The number of pyridine rings is 1. The zero-order valence-corrected chi connectivity index (χ0v) is 11.1. The molecular weight excluding hydrogens is 238 g/mol. The first-order valence-electron chi connectivity index (χ1n) is 5.48. The number of carbonyl (C=O) groups is 1. The van der Waals surface area contributed by atoms with Crippen LogP contribution in [0.5, 0.6) is 0 Å². The first kappa shape index (κ1) is 13.8. The van der Waals surface area contributed by atoms with E-state index in [9.17, 15) is 9.00 Å². The summed E-state index contributed by atoms with van der Waals surface area (Å²) in [6, 6.07) is 3.36. The third kappa shape index (κ3) is 3.93. The molecule has 94 valence electrons. The lowest BCUT2D eigenvalue weighted by Crippen LogP contribution is -2.12. The Kier molecular flexibility index (Phi) is 5.28. The number of hydrogen-bond acceptors (Lipinski definition) is 4. The van der Waals surface area contributed by atoms with Crippen LogP contribution < -0.4 is 0 Å². The first-order chi connectivity index (χ1) is 8.08. The molecule has 0 spiro atoms. The molecule has 0 bridgehead atoms. The van der Waals surface area contributed by atoms with Crippen molar-refractivity contribution >= 4 is 16.8 Å². The van der Waals surface area contributed by atoms with E-state index in [4.69, 9.17) is 0 Å². The van der Waals surface area contributed by atoms with Crippen molar-refractivity contribution in [1.29, 1.82) is 0 Å². The van der Waals surface area contributed by atoms with Gasteiger partial charge in [0.25, 0.3) is 0 Å². The minimum Gasteiger partial charge on any atom is -0.465 e. The van der Waals surface area contributed by atoms with E-state index in [0.29, 0.717) is 11.3 Å². The number of nitrogens with zero attached hydrogens (tertiary/aromatic N) is 1. The Morgan fingerprint density at radius 1 is 1.53 bits per heavy atom. The van der Waals surface area contributed by atoms with E-state index in [0.717, 1.165) is 12.1 Å². The van der Waals surface area contributed by atoms with Gasteiger partial charge >= 0.3 is 5.97 Å². The van der Waals surface area contributed by atoms with Gasteiger partial charge in [0.2, 0.25) is 0 Å². The number of hydrogen-bond donors (Lipinski definition) is 0. The Morgan fingerprint density at radius 3 is 2.71 bits per heavy atom. The quantitative estimate of drug-likeness (QED) is 0.754. The molecule has 1 heterocycles. The number of rotatable bonds is 5. The molecular formula is C12H17NO3S. The van der Waals surface area contributed by atoms with Crippen LogP contribution in [-0.4, -0.2) is 27.5 Å². The second-order valence-electron chi connectivity index (χ2n) is 3.77. The van der Waals surface area contributed by atoms with Gasteiger partial charge in [-0.15, -0.1) is 0 Å². The molecule has 0 fully saturated rings. The van der Waals surface area contributed by atoms with Gasteiger partial charge in [0.15, 0.2) is 0 Å². The molecule has 0 aliphatic rings. The van der Waals surface area contributed by atoms with Crippen LogP contribution in [0.4, 0.5) is 0 Å². The van der Waals surface area contributed by atoms with Crippen LogP contribution in [0.25, 0.3) is 0 Å². The summed E-state index contributed by atoms with van der Waals surface area (Å²) in [5.41, 5.74) is 1.14. The SMILES string of the molecule is CCC(C)S(=O)Cc1ccc(C(=O)OC)cn1. The molecule has 0 aromatic carbocycles. The summed E-state index contributed by atoms with van der Waals surface area (Å²) in [6.07, 6.45) is 2.34. The van der Waals surface area contributed by atoms with Gasteiger partial charge in [-0.3, -0.25) is 9.19 Å². The van der Waals surface area contributed by atoms with Crippen molar-refractivity contribution in [2.45, 2.75) is 31.3 Å². The second-order valence-corrected chi connectivity index (χ2v) is 5.63. The van der Waals surface area contributed by atoms with Gasteiger partial charge in [-0.05, 0) is 18.6 Å². The number of ether oxygens (including phenoxy) is 1. The van der Waals surface area contributed by atoms with Crippen molar-refractivity contribution in [3.63, 3.8) is 0 Å². The van der Waals surface area contributed by atoms with Crippen LogP contribution in [0.1, 0.15) is 36.3 Å². The minimum absolute atomic E-state index is 0.164. The van der Waals surface area contributed by atoms with Gasteiger partial charge in [-0.2, -0.15) is 0 Å². The highest BCUT2D eigenvalue weighted by Gasteiger charge is 2.11. The second kappa shape index (κ2) is 6.49. The van der Waals surface area contributed by atoms with Gasteiger partial charge in [0.05, 0.1) is 24.1 Å². The van der Waals surface area contributed by atoms with Crippen LogP contribution in [0.3, 0.4) is 0 Å².